The zero-order valence-corrected chi connectivity index (χ0v) is 18.2. The van der Waals surface area contributed by atoms with E-state index in [2.05, 4.69) is 10.0 Å². The summed E-state index contributed by atoms with van der Waals surface area (Å²) in [6.07, 6.45) is 4.22. The molecule has 0 saturated carbocycles. The van der Waals surface area contributed by atoms with Crippen LogP contribution in [0.3, 0.4) is 0 Å². The lowest BCUT2D eigenvalue weighted by Gasteiger charge is -2.26. The molecule has 2 aromatic carbocycles. The average molecular weight is 450 g/mol. The van der Waals surface area contributed by atoms with Gasteiger partial charge in [0.15, 0.2) is 0 Å². The molecule has 1 saturated heterocycles. The Balaban J connectivity index is 1.66. The van der Waals surface area contributed by atoms with E-state index in [4.69, 9.17) is 11.6 Å². The van der Waals surface area contributed by atoms with E-state index in [1.807, 2.05) is 11.0 Å². The number of carbonyl (C=O) groups is 2. The number of likely N-dealkylation sites (tertiary alicyclic amines) is 1. The van der Waals surface area contributed by atoms with Crippen LogP contribution in [0.4, 0.5) is 5.69 Å². The monoisotopic (exact) mass is 449 g/mol. The second kappa shape index (κ2) is 9.49. The van der Waals surface area contributed by atoms with E-state index < -0.39 is 10.0 Å². The van der Waals surface area contributed by atoms with Crippen molar-refractivity contribution < 1.29 is 18.0 Å². The molecule has 0 radical (unpaired) electrons. The molecule has 30 heavy (non-hydrogen) atoms. The number of nitrogens with zero attached hydrogens (tertiary/aromatic N) is 1. The molecule has 0 unspecified atom stereocenters. The molecule has 0 atom stereocenters. The van der Waals surface area contributed by atoms with Gasteiger partial charge in [0.25, 0.3) is 11.8 Å². The van der Waals surface area contributed by atoms with Crippen LogP contribution in [0.2, 0.25) is 5.02 Å². The zero-order valence-electron chi connectivity index (χ0n) is 16.7. The number of carbonyl (C=O) groups excluding carboxylic acids is 2. The third-order valence-corrected chi connectivity index (χ3v) is 5.71. The highest BCUT2D eigenvalue weighted by Gasteiger charge is 2.18. The van der Waals surface area contributed by atoms with Crippen molar-refractivity contribution in [2.24, 2.45) is 0 Å². The molecule has 9 heteroatoms. The molecule has 160 valence electrons. The number of piperidine rings is 1. The van der Waals surface area contributed by atoms with E-state index in [9.17, 15) is 18.0 Å². The van der Waals surface area contributed by atoms with Crippen molar-refractivity contribution in [1.29, 1.82) is 0 Å². The molecule has 0 spiro atoms. The lowest BCUT2D eigenvalue weighted by molar-refractivity contribution is 0.0724. The van der Waals surface area contributed by atoms with Crippen LogP contribution in [0.15, 0.2) is 42.5 Å². The van der Waals surface area contributed by atoms with E-state index in [0.29, 0.717) is 5.56 Å². The predicted molar refractivity (Wildman–Crippen MR) is 117 cm³/mol. The Hall–Kier alpha value is -2.58. The molecule has 7 nitrogen and oxygen atoms in total. The third kappa shape index (κ3) is 5.96. The first-order valence-corrected chi connectivity index (χ1v) is 11.9. The van der Waals surface area contributed by atoms with Crippen LogP contribution in [0.5, 0.6) is 0 Å². The van der Waals surface area contributed by atoms with Gasteiger partial charge in [-0.05, 0) is 55.2 Å². The number of nitrogens with one attached hydrogen (secondary N) is 2. The van der Waals surface area contributed by atoms with Gasteiger partial charge in [0.2, 0.25) is 10.0 Å². The summed E-state index contributed by atoms with van der Waals surface area (Å²) < 4.78 is 25.2. The van der Waals surface area contributed by atoms with Crippen molar-refractivity contribution in [3.8, 4) is 0 Å². The van der Waals surface area contributed by atoms with Crippen LogP contribution >= 0.6 is 11.6 Å². The second-order valence-corrected chi connectivity index (χ2v) is 9.46. The van der Waals surface area contributed by atoms with Crippen molar-refractivity contribution in [3.63, 3.8) is 0 Å². The van der Waals surface area contributed by atoms with Gasteiger partial charge in [-0.1, -0.05) is 23.7 Å². The topological polar surface area (TPSA) is 95.6 Å². The maximum Gasteiger partial charge on any atom is 0.253 e. The Morgan fingerprint density at radius 1 is 1.03 bits per heavy atom. The molecule has 0 aromatic heterocycles. The van der Waals surface area contributed by atoms with Crippen molar-refractivity contribution in [3.05, 3.63) is 64.2 Å². The Morgan fingerprint density at radius 3 is 2.47 bits per heavy atom. The fourth-order valence-electron chi connectivity index (χ4n) is 3.32. The Labute approximate surface area is 181 Å². The number of benzene rings is 2. The van der Waals surface area contributed by atoms with Gasteiger partial charge in [-0.25, -0.2) is 8.42 Å². The minimum Gasteiger partial charge on any atom is -0.348 e. The van der Waals surface area contributed by atoms with Gasteiger partial charge >= 0.3 is 0 Å². The first-order chi connectivity index (χ1) is 14.2. The van der Waals surface area contributed by atoms with Crippen LogP contribution in [0.1, 0.15) is 45.5 Å². The number of sulfonamides is 1. The second-order valence-electron chi connectivity index (χ2n) is 7.30. The molecule has 2 N–H and O–H groups in total. The molecule has 1 heterocycles. The lowest BCUT2D eigenvalue weighted by Crippen LogP contribution is -2.35. The summed E-state index contributed by atoms with van der Waals surface area (Å²) >= 11 is 6.00. The van der Waals surface area contributed by atoms with Gasteiger partial charge in [0.1, 0.15) is 0 Å². The number of amides is 2. The lowest BCUT2D eigenvalue weighted by atomic mass is 10.1. The number of halogens is 1. The van der Waals surface area contributed by atoms with Gasteiger partial charge in [-0.3, -0.25) is 14.3 Å². The van der Waals surface area contributed by atoms with Gasteiger partial charge < -0.3 is 10.2 Å². The van der Waals surface area contributed by atoms with Crippen molar-refractivity contribution in [1.82, 2.24) is 10.2 Å². The maximum absolute atomic E-state index is 12.7. The maximum atomic E-state index is 12.7. The molecule has 3 rings (SSSR count). The predicted octanol–water partition coefficient (Wildman–Crippen LogP) is 3.27. The summed E-state index contributed by atoms with van der Waals surface area (Å²) in [5.41, 5.74) is 1.82. The minimum atomic E-state index is -3.52. The Morgan fingerprint density at radius 2 is 1.77 bits per heavy atom. The Bertz CT molecular complexity index is 1050. The van der Waals surface area contributed by atoms with Crippen LogP contribution in [-0.2, 0) is 16.6 Å². The molecule has 2 amide bonds. The summed E-state index contributed by atoms with van der Waals surface area (Å²) in [7, 11) is -3.52. The van der Waals surface area contributed by atoms with E-state index in [0.717, 1.165) is 44.2 Å². The fourth-order valence-corrected chi connectivity index (χ4v) is 4.11. The zero-order chi connectivity index (χ0) is 21.7. The minimum absolute atomic E-state index is 0.0112. The van der Waals surface area contributed by atoms with E-state index in [-0.39, 0.29) is 34.6 Å². The highest BCUT2D eigenvalue weighted by molar-refractivity contribution is 7.92. The standard InChI is InChI=1S/C21H24ClN3O4S/c1-30(28,29)24-19-13-16(8-9-18(19)22)20(26)23-14-15-6-5-7-17(12-15)21(27)25-10-3-2-4-11-25/h5-9,12-13,24H,2-4,10-11,14H2,1H3,(H,23,26). The van der Waals surface area contributed by atoms with Gasteiger partial charge in [0.05, 0.1) is 17.0 Å². The molecule has 1 aliphatic heterocycles. The van der Waals surface area contributed by atoms with Crippen molar-refractivity contribution in [2.75, 3.05) is 24.1 Å². The first-order valence-electron chi connectivity index (χ1n) is 9.67. The molecular weight excluding hydrogens is 426 g/mol. The van der Waals surface area contributed by atoms with Crippen LogP contribution in [0, 0.1) is 0 Å². The molecule has 1 fully saturated rings. The largest absolute Gasteiger partial charge is 0.348 e. The number of hydrogen-bond donors (Lipinski definition) is 2. The Kier molecular flexibility index (Phi) is 6.99. The van der Waals surface area contributed by atoms with Crippen LogP contribution in [0.25, 0.3) is 0 Å². The summed E-state index contributed by atoms with van der Waals surface area (Å²) in [4.78, 5) is 27.0. The third-order valence-electron chi connectivity index (χ3n) is 4.79. The highest BCUT2D eigenvalue weighted by atomic mass is 35.5. The van der Waals surface area contributed by atoms with Crippen molar-refractivity contribution in [2.45, 2.75) is 25.8 Å². The summed E-state index contributed by atoms with van der Waals surface area (Å²) in [6, 6.07) is 11.6. The fraction of sp³-hybridized carbons (Fsp3) is 0.333. The smallest absolute Gasteiger partial charge is 0.253 e. The SMILES string of the molecule is CS(=O)(=O)Nc1cc(C(=O)NCc2cccc(C(=O)N3CCCCC3)c2)ccc1Cl. The highest BCUT2D eigenvalue weighted by Crippen LogP contribution is 2.24. The van der Waals surface area contributed by atoms with E-state index >= 15 is 0 Å². The van der Waals surface area contributed by atoms with Gasteiger partial charge in [-0.2, -0.15) is 0 Å². The summed E-state index contributed by atoms with van der Waals surface area (Å²) in [6.45, 7) is 1.79. The van der Waals surface area contributed by atoms with E-state index in [1.54, 1.807) is 18.2 Å². The van der Waals surface area contributed by atoms with Crippen LogP contribution in [-0.4, -0.2) is 44.5 Å². The molecule has 2 aromatic rings. The van der Waals surface area contributed by atoms with Crippen molar-refractivity contribution >= 4 is 39.1 Å². The van der Waals surface area contributed by atoms with Gasteiger partial charge in [0, 0.05) is 30.8 Å². The summed E-state index contributed by atoms with van der Waals surface area (Å²) in [5, 5.41) is 2.98. The average Bonchev–Trinajstić information content (AvgIpc) is 2.73. The number of rotatable bonds is 6. The molecule has 1 aliphatic rings. The molecule has 0 aliphatic carbocycles. The van der Waals surface area contributed by atoms with Crippen LogP contribution < -0.4 is 10.0 Å². The first kappa shape index (κ1) is 22.1. The molecular formula is C21H24ClN3O4S. The summed E-state index contributed by atoms with van der Waals surface area (Å²) in [5.74, 6) is -0.368. The molecule has 0 bridgehead atoms. The number of hydrogen-bond acceptors (Lipinski definition) is 4. The quantitative estimate of drug-likeness (QED) is 0.707. The van der Waals surface area contributed by atoms with Gasteiger partial charge in [-0.15, -0.1) is 0 Å². The number of anilines is 1. The van der Waals surface area contributed by atoms with E-state index in [1.165, 1.54) is 18.2 Å². The normalized spacial score (nSPS) is 14.3.